The van der Waals surface area contributed by atoms with Crippen LogP contribution in [0.15, 0.2) is 22.7 Å². The summed E-state index contributed by atoms with van der Waals surface area (Å²) >= 11 is 9.63. The second-order valence-corrected chi connectivity index (χ2v) is 5.21. The van der Waals surface area contributed by atoms with Crippen molar-refractivity contribution in [3.63, 3.8) is 0 Å². The van der Waals surface area contributed by atoms with Gasteiger partial charge >= 0.3 is 0 Å². The zero-order valence-electron chi connectivity index (χ0n) is 8.71. The maximum atomic E-state index is 6.21. The summed E-state index contributed by atoms with van der Waals surface area (Å²) in [5, 5.41) is 0.828. The van der Waals surface area contributed by atoms with Crippen LogP contribution in [0.25, 0.3) is 0 Å². The Kier molecular flexibility index (Phi) is 3.54. The van der Waals surface area contributed by atoms with Crippen LogP contribution in [0.2, 0.25) is 5.02 Å². The van der Waals surface area contributed by atoms with Gasteiger partial charge < -0.3 is 9.80 Å². The molecule has 0 unspecified atom stereocenters. The van der Waals surface area contributed by atoms with E-state index in [1.165, 1.54) is 0 Å². The Morgan fingerprint density at radius 2 is 1.87 bits per heavy atom. The van der Waals surface area contributed by atoms with Crippen LogP contribution in [-0.4, -0.2) is 38.1 Å². The first-order chi connectivity index (χ1) is 7.16. The van der Waals surface area contributed by atoms with Crippen molar-refractivity contribution in [1.29, 1.82) is 0 Å². The lowest BCUT2D eigenvalue weighted by Gasteiger charge is -2.34. The van der Waals surface area contributed by atoms with Crippen molar-refractivity contribution in [2.75, 3.05) is 38.1 Å². The van der Waals surface area contributed by atoms with Gasteiger partial charge in [-0.2, -0.15) is 0 Å². The molecule has 0 atom stereocenters. The van der Waals surface area contributed by atoms with Gasteiger partial charge in [0.2, 0.25) is 0 Å². The molecule has 1 aromatic carbocycles. The highest BCUT2D eigenvalue weighted by molar-refractivity contribution is 9.10. The van der Waals surface area contributed by atoms with Crippen LogP contribution in [0.1, 0.15) is 0 Å². The first-order valence-corrected chi connectivity index (χ1v) is 6.22. The number of nitrogens with zero attached hydrogens (tertiary/aromatic N) is 2. The molecule has 0 aromatic heterocycles. The molecule has 1 heterocycles. The molecule has 1 fully saturated rings. The molecule has 1 aliphatic rings. The van der Waals surface area contributed by atoms with Gasteiger partial charge in [0.15, 0.2) is 0 Å². The van der Waals surface area contributed by atoms with Crippen molar-refractivity contribution in [3.8, 4) is 0 Å². The van der Waals surface area contributed by atoms with E-state index in [1.54, 1.807) is 0 Å². The maximum Gasteiger partial charge on any atom is 0.0650 e. The lowest BCUT2D eigenvalue weighted by Crippen LogP contribution is -2.44. The molecule has 15 heavy (non-hydrogen) atoms. The molecule has 0 aliphatic carbocycles. The lowest BCUT2D eigenvalue weighted by atomic mass is 10.2. The minimum atomic E-state index is 0.828. The summed E-state index contributed by atoms with van der Waals surface area (Å²) in [5.74, 6) is 0. The molecule has 1 saturated heterocycles. The zero-order chi connectivity index (χ0) is 10.8. The van der Waals surface area contributed by atoms with Gasteiger partial charge in [-0.15, -0.1) is 0 Å². The molecule has 1 aliphatic heterocycles. The first kappa shape index (κ1) is 11.2. The molecule has 0 radical (unpaired) electrons. The zero-order valence-corrected chi connectivity index (χ0v) is 11.1. The molecular weight excluding hydrogens is 275 g/mol. The van der Waals surface area contributed by atoms with Gasteiger partial charge in [0, 0.05) is 30.7 Å². The number of halogens is 2. The van der Waals surface area contributed by atoms with Crippen LogP contribution >= 0.6 is 27.5 Å². The second kappa shape index (κ2) is 4.73. The van der Waals surface area contributed by atoms with Crippen LogP contribution < -0.4 is 4.90 Å². The highest BCUT2D eigenvalue weighted by atomic mass is 79.9. The van der Waals surface area contributed by atoms with E-state index in [0.29, 0.717) is 0 Å². The third-order valence-corrected chi connectivity index (χ3v) is 3.55. The Morgan fingerprint density at radius 3 is 2.47 bits per heavy atom. The van der Waals surface area contributed by atoms with Crippen molar-refractivity contribution in [1.82, 2.24) is 4.90 Å². The fourth-order valence-electron chi connectivity index (χ4n) is 1.79. The van der Waals surface area contributed by atoms with Crippen molar-refractivity contribution in [3.05, 3.63) is 27.7 Å². The molecule has 2 nitrogen and oxygen atoms in total. The smallest absolute Gasteiger partial charge is 0.0650 e. The van der Waals surface area contributed by atoms with E-state index >= 15 is 0 Å². The molecule has 1 aromatic rings. The molecule has 0 N–H and O–H groups in total. The van der Waals surface area contributed by atoms with Gasteiger partial charge in [0.25, 0.3) is 0 Å². The van der Waals surface area contributed by atoms with E-state index in [2.05, 4.69) is 38.8 Å². The number of benzene rings is 1. The Bertz CT molecular complexity index is 348. The average Bonchev–Trinajstić information content (AvgIpc) is 2.20. The summed E-state index contributed by atoms with van der Waals surface area (Å²) in [6.45, 7) is 4.31. The van der Waals surface area contributed by atoms with Gasteiger partial charge in [0.1, 0.15) is 0 Å². The molecule has 82 valence electrons. The predicted octanol–water partition coefficient (Wildman–Crippen LogP) is 2.85. The summed E-state index contributed by atoms with van der Waals surface area (Å²) in [4.78, 5) is 4.68. The van der Waals surface area contributed by atoms with Crippen LogP contribution in [0.5, 0.6) is 0 Å². The van der Waals surface area contributed by atoms with E-state index in [9.17, 15) is 0 Å². The molecule has 0 spiro atoms. The lowest BCUT2D eigenvalue weighted by molar-refractivity contribution is 0.313. The number of anilines is 1. The normalized spacial score (nSPS) is 18.2. The van der Waals surface area contributed by atoms with Crippen molar-refractivity contribution < 1.29 is 0 Å². The largest absolute Gasteiger partial charge is 0.368 e. The maximum absolute atomic E-state index is 6.21. The fraction of sp³-hybridized carbons (Fsp3) is 0.455. The summed E-state index contributed by atoms with van der Waals surface area (Å²) in [5.41, 5.74) is 1.15. The van der Waals surface area contributed by atoms with E-state index in [1.807, 2.05) is 12.1 Å². The third-order valence-electron chi connectivity index (χ3n) is 2.75. The van der Waals surface area contributed by atoms with Crippen molar-refractivity contribution >= 4 is 33.2 Å². The highest BCUT2D eigenvalue weighted by Crippen LogP contribution is 2.29. The van der Waals surface area contributed by atoms with E-state index in [0.717, 1.165) is 41.4 Å². The molecule has 0 bridgehead atoms. The van der Waals surface area contributed by atoms with Crippen LogP contribution in [0.4, 0.5) is 5.69 Å². The van der Waals surface area contributed by atoms with Gasteiger partial charge in [-0.25, -0.2) is 0 Å². The highest BCUT2D eigenvalue weighted by Gasteiger charge is 2.16. The summed E-state index contributed by atoms with van der Waals surface area (Å²) in [6, 6.07) is 6.08. The predicted molar refractivity (Wildman–Crippen MR) is 68.9 cm³/mol. The summed E-state index contributed by atoms with van der Waals surface area (Å²) in [7, 11) is 2.15. The van der Waals surface area contributed by atoms with Gasteiger partial charge in [-0.05, 0) is 25.2 Å². The number of likely N-dealkylation sites (N-methyl/N-ethyl adjacent to an activating group) is 1. The van der Waals surface area contributed by atoms with Crippen molar-refractivity contribution in [2.45, 2.75) is 0 Å². The number of piperazine rings is 1. The number of rotatable bonds is 1. The summed E-state index contributed by atoms with van der Waals surface area (Å²) < 4.78 is 1.03. The van der Waals surface area contributed by atoms with E-state index in [-0.39, 0.29) is 0 Å². The van der Waals surface area contributed by atoms with Crippen LogP contribution in [0.3, 0.4) is 0 Å². The van der Waals surface area contributed by atoms with Crippen LogP contribution in [0, 0.1) is 0 Å². The van der Waals surface area contributed by atoms with Gasteiger partial charge in [-0.1, -0.05) is 27.5 Å². The molecule has 0 amide bonds. The SMILES string of the molecule is CN1CCN(c2ccc(Br)cc2Cl)CC1. The standard InChI is InChI=1S/C11H14BrClN2/c1-14-4-6-15(7-5-14)11-3-2-9(12)8-10(11)13/h2-3,8H,4-7H2,1H3. The van der Waals surface area contributed by atoms with Crippen molar-refractivity contribution in [2.24, 2.45) is 0 Å². The minimum Gasteiger partial charge on any atom is -0.368 e. The monoisotopic (exact) mass is 288 g/mol. The van der Waals surface area contributed by atoms with Gasteiger partial charge in [0.05, 0.1) is 10.7 Å². The fourth-order valence-corrected chi connectivity index (χ4v) is 2.58. The number of hydrogen-bond donors (Lipinski definition) is 0. The second-order valence-electron chi connectivity index (χ2n) is 3.89. The number of hydrogen-bond acceptors (Lipinski definition) is 2. The quantitative estimate of drug-likeness (QED) is 0.784. The first-order valence-electron chi connectivity index (χ1n) is 5.05. The average molecular weight is 290 g/mol. The topological polar surface area (TPSA) is 6.48 Å². The molecule has 4 heteroatoms. The van der Waals surface area contributed by atoms with Crippen LogP contribution in [-0.2, 0) is 0 Å². The third kappa shape index (κ3) is 2.65. The van der Waals surface area contributed by atoms with E-state index < -0.39 is 0 Å². The molecular formula is C11H14BrClN2. The molecule has 0 saturated carbocycles. The minimum absolute atomic E-state index is 0.828. The Labute approximate surface area is 104 Å². The Hall–Kier alpha value is -0.250. The van der Waals surface area contributed by atoms with Gasteiger partial charge in [-0.3, -0.25) is 0 Å². The van der Waals surface area contributed by atoms with E-state index in [4.69, 9.17) is 11.6 Å². The molecule has 2 rings (SSSR count). The summed E-state index contributed by atoms with van der Waals surface area (Å²) in [6.07, 6.45) is 0. The Morgan fingerprint density at radius 1 is 1.20 bits per heavy atom. The Balaban J connectivity index is 2.15.